The van der Waals surface area contributed by atoms with E-state index in [9.17, 15) is 4.79 Å². The molecular weight excluding hydrogens is 256 g/mol. The summed E-state index contributed by atoms with van der Waals surface area (Å²) in [5, 5.41) is 8.05. The van der Waals surface area contributed by atoms with Gasteiger partial charge in [0.25, 0.3) is 5.91 Å². The third-order valence-electron chi connectivity index (χ3n) is 2.91. The number of hydrogen-bond donors (Lipinski definition) is 2. The van der Waals surface area contributed by atoms with Crippen molar-refractivity contribution in [3.8, 4) is 0 Å². The van der Waals surface area contributed by atoms with Crippen molar-refractivity contribution in [1.29, 1.82) is 0 Å². The molecule has 0 fully saturated rings. The first-order valence-electron chi connectivity index (χ1n) is 6.03. The number of carbonyl (C=O) groups is 1. The summed E-state index contributed by atoms with van der Waals surface area (Å²) in [5.41, 5.74) is 6.69. The van der Waals surface area contributed by atoms with E-state index in [-0.39, 0.29) is 11.9 Å². The largest absolute Gasteiger partial charge is 0.398 e. The zero-order valence-electron chi connectivity index (χ0n) is 10.8. The van der Waals surface area contributed by atoms with Crippen LogP contribution in [0.3, 0.4) is 0 Å². The molecule has 0 aliphatic heterocycles. The van der Waals surface area contributed by atoms with Crippen LogP contribution in [0.1, 0.15) is 16.2 Å². The van der Waals surface area contributed by atoms with Gasteiger partial charge in [0.2, 0.25) is 0 Å². The fraction of sp³-hybridized carbons (Fsp3) is 0.0714. The van der Waals surface area contributed by atoms with Gasteiger partial charge in [-0.05, 0) is 29.8 Å². The highest BCUT2D eigenvalue weighted by Gasteiger charge is 2.14. The molecule has 3 aromatic rings. The summed E-state index contributed by atoms with van der Waals surface area (Å²) >= 11 is 0. The van der Waals surface area contributed by atoms with E-state index in [1.54, 1.807) is 19.1 Å². The molecule has 100 valence electrons. The molecule has 2 aromatic carbocycles. The standard InChI is InChI=1S/C14H12N4O2/c1-8-16-14(20-18-8)17-13(19)11-6-9-4-2-3-5-10(9)7-12(11)15/h2-7H,15H2,1H3,(H,16,17,18,19). The highest BCUT2D eigenvalue weighted by atomic mass is 16.5. The summed E-state index contributed by atoms with van der Waals surface area (Å²) in [6.07, 6.45) is 0. The van der Waals surface area contributed by atoms with Crippen LogP contribution in [-0.2, 0) is 0 Å². The number of nitrogens with two attached hydrogens (primary N) is 1. The lowest BCUT2D eigenvalue weighted by atomic mass is 10.0. The summed E-state index contributed by atoms with van der Waals surface area (Å²) in [7, 11) is 0. The lowest BCUT2D eigenvalue weighted by molar-refractivity contribution is 0.102. The Kier molecular flexibility index (Phi) is 2.83. The summed E-state index contributed by atoms with van der Waals surface area (Å²) in [6.45, 7) is 1.67. The fourth-order valence-corrected chi connectivity index (χ4v) is 1.97. The first kappa shape index (κ1) is 12.2. The minimum absolute atomic E-state index is 0.0556. The monoisotopic (exact) mass is 268 g/mol. The Hall–Kier alpha value is -2.89. The minimum atomic E-state index is -0.378. The number of fused-ring (bicyclic) bond motifs is 1. The predicted molar refractivity (Wildman–Crippen MR) is 75.3 cm³/mol. The lowest BCUT2D eigenvalue weighted by Crippen LogP contribution is -2.14. The van der Waals surface area contributed by atoms with E-state index in [0.717, 1.165) is 10.8 Å². The Morgan fingerprint density at radius 1 is 1.25 bits per heavy atom. The van der Waals surface area contributed by atoms with Gasteiger partial charge >= 0.3 is 6.01 Å². The Morgan fingerprint density at radius 2 is 1.95 bits per heavy atom. The van der Waals surface area contributed by atoms with Gasteiger partial charge in [-0.3, -0.25) is 10.1 Å². The molecule has 0 aliphatic carbocycles. The number of benzene rings is 2. The normalized spacial score (nSPS) is 10.7. The number of aromatic nitrogens is 2. The van der Waals surface area contributed by atoms with Crippen molar-refractivity contribution in [2.45, 2.75) is 6.92 Å². The molecule has 0 unspecified atom stereocenters. The molecule has 1 aromatic heterocycles. The van der Waals surface area contributed by atoms with Crippen molar-refractivity contribution in [2.75, 3.05) is 11.1 Å². The second kappa shape index (κ2) is 4.65. The molecular formula is C14H12N4O2. The van der Waals surface area contributed by atoms with E-state index in [1.807, 2.05) is 24.3 Å². The van der Waals surface area contributed by atoms with Crippen molar-refractivity contribution in [2.24, 2.45) is 0 Å². The van der Waals surface area contributed by atoms with Crippen LogP contribution in [0.15, 0.2) is 40.9 Å². The van der Waals surface area contributed by atoms with Crippen LogP contribution < -0.4 is 11.1 Å². The lowest BCUT2D eigenvalue weighted by Gasteiger charge is -2.06. The van der Waals surface area contributed by atoms with Crippen molar-refractivity contribution < 1.29 is 9.32 Å². The molecule has 0 aliphatic rings. The number of nitrogens with one attached hydrogen (secondary N) is 1. The van der Waals surface area contributed by atoms with Crippen molar-refractivity contribution in [3.05, 3.63) is 47.8 Å². The smallest absolute Gasteiger partial charge is 0.328 e. The number of hydrogen-bond acceptors (Lipinski definition) is 5. The maximum absolute atomic E-state index is 12.2. The Balaban J connectivity index is 1.96. The van der Waals surface area contributed by atoms with Gasteiger partial charge in [-0.2, -0.15) is 4.98 Å². The molecule has 0 spiro atoms. The second-order valence-electron chi connectivity index (χ2n) is 4.39. The van der Waals surface area contributed by atoms with Crippen LogP contribution in [0.4, 0.5) is 11.7 Å². The van der Waals surface area contributed by atoms with Crippen molar-refractivity contribution in [1.82, 2.24) is 10.1 Å². The number of carbonyl (C=O) groups excluding carboxylic acids is 1. The number of amides is 1. The van der Waals surface area contributed by atoms with E-state index in [0.29, 0.717) is 17.1 Å². The maximum Gasteiger partial charge on any atom is 0.328 e. The molecule has 3 rings (SSSR count). The summed E-state index contributed by atoms with van der Waals surface area (Å²) in [4.78, 5) is 16.1. The number of nitrogens with zero attached hydrogens (tertiary/aromatic N) is 2. The Bertz CT molecular complexity index is 795. The molecule has 3 N–H and O–H groups in total. The van der Waals surface area contributed by atoms with E-state index in [4.69, 9.17) is 10.3 Å². The van der Waals surface area contributed by atoms with Gasteiger partial charge in [0.1, 0.15) is 0 Å². The van der Waals surface area contributed by atoms with E-state index < -0.39 is 0 Å². The summed E-state index contributed by atoms with van der Waals surface area (Å²) in [6, 6.07) is 11.2. The molecule has 20 heavy (non-hydrogen) atoms. The highest BCUT2D eigenvalue weighted by molar-refractivity contribution is 6.09. The third-order valence-corrected chi connectivity index (χ3v) is 2.91. The van der Waals surface area contributed by atoms with E-state index >= 15 is 0 Å². The fourth-order valence-electron chi connectivity index (χ4n) is 1.97. The number of rotatable bonds is 2. The third kappa shape index (κ3) is 2.18. The number of anilines is 2. The zero-order valence-corrected chi connectivity index (χ0v) is 10.8. The Labute approximate surface area is 114 Å². The molecule has 0 saturated carbocycles. The van der Waals surface area contributed by atoms with Crippen LogP contribution in [0.2, 0.25) is 0 Å². The van der Waals surface area contributed by atoms with Gasteiger partial charge < -0.3 is 10.3 Å². The molecule has 1 heterocycles. The topological polar surface area (TPSA) is 94.0 Å². The first-order chi connectivity index (χ1) is 9.63. The average molecular weight is 268 g/mol. The zero-order chi connectivity index (χ0) is 14.1. The first-order valence-corrected chi connectivity index (χ1v) is 6.03. The maximum atomic E-state index is 12.2. The molecule has 0 saturated heterocycles. The van der Waals surface area contributed by atoms with E-state index in [2.05, 4.69) is 15.5 Å². The van der Waals surface area contributed by atoms with Crippen LogP contribution >= 0.6 is 0 Å². The number of aryl methyl sites for hydroxylation is 1. The second-order valence-corrected chi connectivity index (χ2v) is 4.39. The van der Waals surface area contributed by atoms with Gasteiger partial charge in [-0.1, -0.05) is 29.4 Å². The van der Waals surface area contributed by atoms with Crippen LogP contribution in [-0.4, -0.2) is 16.0 Å². The van der Waals surface area contributed by atoms with Gasteiger partial charge in [-0.25, -0.2) is 0 Å². The van der Waals surface area contributed by atoms with Crippen molar-refractivity contribution >= 4 is 28.4 Å². The van der Waals surface area contributed by atoms with Gasteiger partial charge in [0, 0.05) is 5.69 Å². The molecule has 1 amide bonds. The van der Waals surface area contributed by atoms with Gasteiger partial charge in [-0.15, -0.1) is 0 Å². The van der Waals surface area contributed by atoms with Crippen LogP contribution in [0.25, 0.3) is 10.8 Å². The minimum Gasteiger partial charge on any atom is -0.398 e. The summed E-state index contributed by atoms with van der Waals surface area (Å²) < 4.78 is 4.85. The SMILES string of the molecule is Cc1noc(NC(=O)c2cc3ccccc3cc2N)n1. The van der Waals surface area contributed by atoms with Gasteiger partial charge in [0.15, 0.2) is 5.82 Å². The molecule has 0 bridgehead atoms. The van der Waals surface area contributed by atoms with Crippen LogP contribution in [0.5, 0.6) is 0 Å². The quantitative estimate of drug-likeness (QED) is 0.696. The van der Waals surface area contributed by atoms with Gasteiger partial charge in [0.05, 0.1) is 5.56 Å². The van der Waals surface area contributed by atoms with Crippen molar-refractivity contribution in [3.63, 3.8) is 0 Å². The highest BCUT2D eigenvalue weighted by Crippen LogP contribution is 2.22. The molecule has 6 heteroatoms. The molecule has 0 radical (unpaired) electrons. The van der Waals surface area contributed by atoms with E-state index in [1.165, 1.54) is 0 Å². The number of nitrogen functional groups attached to an aromatic ring is 1. The van der Waals surface area contributed by atoms with Crippen LogP contribution in [0, 0.1) is 6.92 Å². The Morgan fingerprint density at radius 3 is 2.60 bits per heavy atom. The summed E-state index contributed by atoms with van der Waals surface area (Å²) in [5.74, 6) is 0.0729. The molecule has 6 nitrogen and oxygen atoms in total. The average Bonchev–Trinajstić information content (AvgIpc) is 2.83. The molecule has 0 atom stereocenters. The predicted octanol–water partition coefficient (Wildman–Crippen LogP) is 2.37.